The highest BCUT2D eigenvalue weighted by atomic mass is 16.7. The van der Waals surface area contributed by atoms with E-state index >= 15 is 0 Å². The maximum Gasteiger partial charge on any atom is 0.146 e. The van der Waals surface area contributed by atoms with Crippen LogP contribution < -0.4 is 0 Å². The van der Waals surface area contributed by atoms with E-state index in [1.54, 1.807) is 7.11 Å². The summed E-state index contributed by atoms with van der Waals surface area (Å²) < 4.78 is 10.4. The Morgan fingerprint density at radius 1 is 1.14 bits per heavy atom. The average Bonchev–Trinajstić information content (AvgIpc) is 2.84. The summed E-state index contributed by atoms with van der Waals surface area (Å²) in [6, 6.07) is 2.62. The largest absolute Gasteiger partial charge is 0.359 e. The van der Waals surface area contributed by atoms with Crippen molar-refractivity contribution in [2.24, 2.45) is 35.0 Å². The van der Waals surface area contributed by atoms with Gasteiger partial charge < -0.3 is 9.47 Å². The second kappa shape index (κ2) is 6.89. The number of nitrogens with zero attached hydrogens (tertiary/aromatic N) is 1. The summed E-state index contributed by atoms with van der Waals surface area (Å²) in [5, 5.41) is 9.47. The fraction of sp³-hybridized carbons (Fsp3) is 0.947. The van der Waals surface area contributed by atoms with Crippen LogP contribution in [0.1, 0.15) is 58.3 Å². The zero-order valence-electron chi connectivity index (χ0n) is 14.2. The van der Waals surface area contributed by atoms with E-state index in [-0.39, 0.29) is 0 Å². The van der Waals surface area contributed by atoms with Gasteiger partial charge in [0, 0.05) is 13.7 Å². The molecular weight excluding hydrogens is 274 g/mol. The second-order valence-electron chi connectivity index (χ2n) is 8.20. The number of ether oxygens (including phenoxy) is 2. The van der Waals surface area contributed by atoms with Crippen LogP contribution in [0.15, 0.2) is 0 Å². The molecule has 3 aliphatic carbocycles. The Hall–Kier alpha value is -0.590. The molecule has 0 heterocycles. The molecule has 0 N–H and O–H groups in total. The van der Waals surface area contributed by atoms with E-state index < -0.39 is 0 Å². The summed E-state index contributed by atoms with van der Waals surface area (Å²) in [6.45, 7) is 3.68. The Balaban J connectivity index is 1.54. The fourth-order valence-electron chi connectivity index (χ4n) is 5.79. The Morgan fingerprint density at radius 2 is 2.00 bits per heavy atom. The Kier molecular flexibility index (Phi) is 5.10. The lowest BCUT2D eigenvalue weighted by atomic mass is 9.55. The molecule has 3 fully saturated rings. The van der Waals surface area contributed by atoms with Gasteiger partial charge in [-0.05, 0) is 74.0 Å². The Bertz CT molecular complexity index is 418. The van der Waals surface area contributed by atoms with Gasteiger partial charge in [0.05, 0.1) is 12.0 Å². The van der Waals surface area contributed by atoms with Crippen molar-refractivity contribution in [3.8, 4) is 6.07 Å². The number of hydrogen-bond acceptors (Lipinski definition) is 3. The number of rotatable bonds is 5. The van der Waals surface area contributed by atoms with Gasteiger partial charge in [0.25, 0.3) is 0 Å². The van der Waals surface area contributed by atoms with Crippen LogP contribution in [0, 0.1) is 46.3 Å². The zero-order valence-corrected chi connectivity index (χ0v) is 14.2. The maximum atomic E-state index is 9.47. The van der Waals surface area contributed by atoms with E-state index in [0.717, 1.165) is 36.7 Å². The summed E-state index contributed by atoms with van der Waals surface area (Å²) in [6.07, 6.45) is 10.4. The molecule has 0 bridgehead atoms. The van der Waals surface area contributed by atoms with Crippen molar-refractivity contribution in [1.29, 1.82) is 5.26 Å². The molecule has 0 aliphatic heterocycles. The molecule has 22 heavy (non-hydrogen) atoms. The zero-order chi connectivity index (χ0) is 15.6. The summed E-state index contributed by atoms with van der Waals surface area (Å²) in [5.41, 5.74) is 0.324. The summed E-state index contributed by atoms with van der Waals surface area (Å²) in [7, 11) is 1.68. The number of fused-ring (bicyclic) bond motifs is 2. The normalized spacial score (nSPS) is 44.1. The van der Waals surface area contributed by atoms with Crippen LogP contribution in [0.4, 0.5) is 0 Å². The van der Waals surface area contributed by atoms with Crippen molar-refractivity contribution >= 4 is 0 Å². The third kappa shape index (κ3) is 3.05. The van der Waals surface area contributed by atoms with Crippen LogP contribution in [0.3, 0.4) is 0 Å². The van der Waals surface area contributed by atoms with Crippen LogP contribution in [-0.4, -0.2) is 20.5 Å². The van der Waals surface area contributed by atoms with Crippen molar-refractivity contribution < 1.29 is 9.47 Å². The Morgan fingerprint density at radius 3 is 2.77 bits per heavy atom. The van der Waals surface area contributed by atoms with Crippen LogP contribution in [-0.2, 0) is 9.47 Å². The minimum atomic E-state index is 0.318. The molecule has 0 unspecified atom stereocenters. The van der Waals surface area contributed by atoms with Crippen molar-refractivity contribution in [2.75, 3.05) is 20.5 Å². The van der Waals surface area contributed by atoms with Crippen LogP contribution in [0.2, 0.25) is 0 Å². The van der Waals surface area contributed by atoms with Crippen molar-refractivity contribution in [3.63, 3.8) is 0 Å². The first-order valence-electron chi connectivity index (χ1n) is 9.13. The first-order chi connectivity index (χ1) is 10.7. The van der Waals surface area contributed by atoms with Crippen molar-refractivity contribution in [2.45, 2.75) is 58.3 Å². The topological polar surface area (TPSA) is 42.2 Å². The highest BCUT2D eigenvalue weighted by Crippen LogP contribution is 2.60. The third-order valence-corrected chi connectivity index (χ3v) is 7.10. The van der Waals surface area contributed by atoms with E-state index in [2.05, 4.69) is 13.0 Å². The van der Waals surface area contributed by atoms with Crippen molar-refractivity contribution in [3.05, 3.63) is 0 Å². The molecule has 0 saturated heterocycles. The minimum absolute atomic E-state index is 0.318. The molecule has 0 radical (unpaired) electrons. The molecule has 3 heteroatoms. The van der Waals surface area contributed by atoms with Gasteiger partial charge in [0.15, 0.2) is 0 Å². The van der Waals surface area contributed by atoms with Gasteiger partial charge in [0.1, 0.15) is 6.79 Å². The molecule has 0 aromatic carbocycles. The molecule has 0 spiro atoms. The maximum absolute atomic E-state index is 9.47. The van der Waals surface area contributed by atoms with Gasteiger partial charge in [0.2, 0.25) is 0 Å². The number of nitriles is 1. The highest BCUT2D eigenvalue weighted by molar-refractivity contribution is 5.08. The first-order valence-corrected chi connectivity index (χ1v) is 9.13. The van der Waals surface area contributed by atoms with Gasteiger partial charge in [-0.3, -0.25) is 0 Å². The monoisotopic (exact) mass is 305 g/mol. The van der Waals surface area contributed by atoms with Gasteiger partial charge >= 0.3 is 0 Å². The van der Waals surface area contributed by atoms with Crippen LogP contribution >= 0.6 is 0 Å². The molecule has 0 amide bonds. The quantitative estimate of drug-likeness (QED) is 0.559. The predicted octanol–water partition coefficient (Wildman–Crippen LogP) is 4.38. The van der Waals surface area contributed by atoms with Gasteiger partial charge in [-0.25, -0.2) is 0 Å². The SMILES string of the molecule is COCOCC[C@@H]1CC[C@@H]2C[C@@]3(C)[C@@H](CC[C@@H]3C#N)C[C@@H]2C1. The summed E-state index contributed by atoms with van der Waals surface area (Å²) in [4.78, 5) is 0. The lowest BCUT2D eigenvalue weighted by molar-refractivity contribution is -0.0419. The molecule has 3 nitrogen and oxygen atoms in total. The summed E-state index contributed by atoms with van der Waals surface area (Å²) >= 11 is 0. The average molecular weight is 305 g/mol. The Labute approximate surface area is 135 Å². The van der Waals surface area contributed by atoms with Gasteiger partial charge in [-0.1, -0.05) is 13.3 Å². The van der Waals surface area contributed by atoms with Gasteiger partial charge in [-0.2, -0.15) is 5.26 Å². The molecule has 3 rings (SSSR count). The highest BCUT2D eigenvalue weighted by Gasteiger charge is 2.53. The fourth-order valence-corrected chi connectivity index (χ4v) is 5.79. The van der Waals surface area contributed by atoms with E-state index in [0.29, 0.717) is 18.1 Å². The molecular formula is C19H31NO2. The standard InChI is InChI=1S/C19H31NO2/c1-19-11-15-4-3-14(7-8-22-13-21-2)9-16(15)10-17(19)5-6-18(19)12-20/h14-18H,3-11,13H2,1-2H3/t14-,15+,16-,17-,18+,19-/m0/s1. The van der Waals surface area contributed by atoms with Crippen LogP contribution in [0.25, 0.3) is 0 Å². The molecule has 3 saturated carbocycles. The van der Waals surface area contributed by atoms with Crippen LogP contribution in [0.5, 0.6) is 0 Å². The van der Waals surface area contributed by atoms with Crippen molar-refractivity contribution in [1.82, 2.24) is 0 Å². The lowest BCUT2D eigenvalue weighted by Gasteiger charge is -2.49. The number of methoxy groups -OCH3 is 1. The molecule has 6 atom stereocenters. The molecule has 124 valence electrons. The van der Waals surface area contributed by atoms with E-state index in [1.807, 2.05) is 0 Å². The summed E-state index contributed by atoms with van der Waals surface area (Å²) in [5.74, 6) is 3.76. The number of hydrogen-bond donors (Lipinski definition) is 0. The first kappa shape index (κ1) is 16.3. The molecule has 0 aromatic rings. The third-order valence-electron chi connectivity index (χ3n) is 7.10. The van der Waals surface area contributed by atoms with Gasteiger partial charge in [-0.15, -0.1) is 0 Å². The predicted molar refractivity (Wildman–Crippen MR) is 85.9 cm³/mol. The second-order valence-corrected chi connectivity index (χ2v) is 8.20. The van der Waals surface area contributed by atoms with E-state index in [1.165, 1.54) is 44.9 Å². The minimum Gasteiger partial charge on any atom is -0.359 e. The lowest BCUT2D eigenvalue weighted by Crippen LogP contribution is -2.42. The molecule has 3 aliphatic rings. The van der Waals surface area contributed by atoms with E-state index in [4.69, 9.17) is 9.47 Å². The molecule has 0 aromatic heterocycles. The van der Waals surface area contributed by atoms with E-state index in [9.17, 15) is 5.26 Å². The smallest absolute Gasteiger partial charge is 0.146 e.